The number of amides is 1. The lowest BCUT2D eigenvalue weighted by molar-refractivity contribution is 0.0957. The molecule has 0 rings (SSSR count). The van der Waals surface area contributed by atoms with Gasteiger partial charge in [0.15, 0.2) is 0 Å². The molecule has 0 atom stereocenters. The van der Waals surface area contributed by atoms with E-state index in [0.717, 1.165) is 0 Å². The van der Waals surface area contributed by atoms with Crippen LogP contribution >= 0.6 is 0 Å². The van der Waals surface area contributed by atoms with Gasteiger partial charge in [0.05, 0.1) is 19.8 Å². The standard InChI is InChI=1S/C5H10NO3/c7-2-4-9-3-1-6-5-8/h7H,1-4H2,(H,6,8). The maximum atomic E-state index is 9.50. The second kappa shape index (κ2) is 7.39. The number of hydrogen-bond acceptors (Lipinski definition) is 3. The molecule has 0 unspecified atom stereocenters. The number of nitrogens with one attached hydrogen (secondary N) is 1. The van der Waals surface area contributed by atoms with Gasteiger partial charge in [0.2, 0.25) is 0 Å². The molecule has 0 aliphatic carbocycles. The summed E-state index contributed by atoms with van der Waals surface area (Å²) >= 11 is 0. The molecule has 1 radical (unpaired) electrons. The first-order valence-electron chi connectivity index (χ1n) is 2.70. The smallest absolute Gasteiger partial charge is 0.309 e. The highest BCUT2D eigenvalue weighted by molar-refractivity contribution is 5.46. The van der Waals surface area contributed by atoms with E-state index in [2.05, 4.69) is 5.32 Å². The Morgan fingerprint density at radius 3 is 2.89 bits per heavy atom. The van der Waals surface area contributed by atoms with Gasteiger partial charge in [-0.2, -0.15) is 0 Å². The van der Waals surface area contributed by atoms with Gasteiger partial charge in [-0.15, -0.1) is 0 Å². The fourth-order valence-electron chi connectivity index (χ4n) is 0.341. The summed E-state index contributed by atoms with van der Waals surface area (Å²) in [5.74, 6) is 0. The van der Waals surface area contributed by atoms with E-state index in [1.807, 2.05) is 0 Å². The van der Waals surface area contributed by atoms with E-state index in [1.54, 1.807) is 0 Å². The molecule has 0 fully saturated rings. The van der Waals surface area contributed by atoms with Crippen molar-refractivity contribution in [1.82, 2.24) is 5.32 Å². The average molecular weight is 132 g/mol. The van der Waals surface area contributed by atoms with E-state index >= 15 is 0 Å². The first-order valence-corrected chi connectivity index (χ1v) is 2.70. The molecule has 0 saturated heterocycles. The van der Waals surface area contributed by atoms with Crippen molar-refractivity contribution in [3.05, 3.63) is 0 Å². The van der Waals surface area contributed by atoms with Crippen molar-refractivity contribution >= 4 is 6.41 Å². The van der Waals surface area contributed by atoms with Gasteiger partial charge in [-0.1, -0.05) is 0 Å². The van der Waals surface area contributed by atoms with Crippen molar-refractivity contribution in [2.24, 2.45) is 0 Å². The minimum Gasteiger partial charge on any atom is -0.394 e. The molecular formula is C5H10NO3. The largest absolute Gasteiger partial charge is 0.394 e. The monoisotopic (exact) mass is 132 g/mol. The molecule has 0 aromatic rings. The van der Waals surface area contributed by atoms with Gasteiger partial charge >= 0.3 is 6.41 Å². The van der Waals surface area contributed by atoms with Gasteiger partial charge in [0.25, 0.3) is 0 Å². The molecule has 0 spiro atoms. The van der Waals surface area contributed by atoms with Crippen LogP contribution in [0.15, 0.2) is 0 Å². The first-order chi connectivity index (χ1) is 4.41. The Labute approximate surface area is 53.8 Å². The molecule has 2 N–H and O–H groups in total. The predicted octanol–water partition coefficient (Wildman–Crippen LogP) is -1.35. The summed E-state index contributed by atoms with van der Waals surface area (Å²) in [6.45, 7) is 1.21. The molecule has 0 bridgehead atoms. The topological polar surface area (TPSA) is 58.6 Å². The summed E-state index contributed by atoms with van der Waals surface area (Å²) in [5, 5.41) is 10.5. The van der Waals surface area contributed by atoms with Crippen LogP contribution in [0.2, 0.25) is 0 Å². The molecule has 0 aliphatic rings. The van der Waals surface area contributed by atoms with Crippen LogP contribution in [0.4, 0.5) is 0 Å². The summed E-state index contributed by atoms with van der Waals surface area (Å²) in [6, 6.07) is 0. The Morgan fingerprint density at radius 1 is 1.56 bits per heavy atom. The number of ether oxygens (including phenoxy) is 1. The highest BCUT2D eigenvalue weighted by Gasteiger charge is 1.83. The summed E-state index contributed by atoms with van der Waals surface area (Å²) < 4.78 is 4.79. The summed E-state index contributed by atoms with van der Waals surface area (Å²) in [4.78, 5) is 9.50. The van der Waals surface area contributed by atoms with Crippen LogP contribution in [0.25, 0.3) is 0 Å². The minimum absolute atomic E-state index is 0.0187. The Balaban J connectivity index is 2.66. The van der Waals surface area contributed by atoms with Crippen LogP contribution < -0.4 is 5.32 Å². The van der Waals surface area contributed by atoms with Gasteiger partial charge in [-0.3, -0.25) is 4.79 Å². The molecule has 0 saturated carbocycles. The Morgan fingerprint density at radius 2 is 2.33 bits per heavy atom. The molecule has 4 heteroatoms. The third-order valence-electron chi connectivity index (χ3n) is 0.679. The van der Waals surface area contributed by atoms with Crippen LogP contribution in [-0.4, -0.2) is 37.9 Å². The number of hydrogen-bond donors (Lipinski definition) is 2. The lowest BCUT2D eigenvalue weighted by Gasteiger charge is -1.98. The van der Waals surface area contributed by atoms with Crippen molar-refractivity contribution in [3.8, 4) is 0 Å². The van der Waals surface area contributed by atoms with Crippen molar-refractivity contribution < 1.29 is 14.6 Å². The summed E-state index contributed by atoms with van der Waals surface area (Å²) in [7, 11) is 0. The van der Waals surface area contributed by atoms with Crippen molar-refractivity contribution in [1.29, 1.82) is 0 Å². The Kier molecular flexibility index (Phi) is 6.89. The SMILES string of the molecule is O=[C]NCCOCCO. The molecular weight excluding hydrogens is 122 g/mol. The van der Waals surface area contributed by atoms with E-state index in [9.17, 15) is 4.79 Å². The molecule has 4 nitrogen and oxygen atoms in total. The molecule has 9 heavy (non-hydrogen) atoms. The number of aliphatic hydroxyl groups excluding tert-OH is 1. The number of aliphatic hydroxyl groups is 1. The normalized spacial score (nSPS) is 9.00. The lowest BCUT2D eigenvalue weighted by atomic mass is 10.7. The van der Waals surface area contributed by atoms with Crippen molar-refractivity contribution in [2.45, 2.75) is 0 Å². The van der Waals surface area contributed by atoms with Crippen molar-refractivity contribution in [2.75, 3.05) is 26.4 Å². The molecule has 0 aliphatic heterocycles. The summed E-state index contributed by atoms with van der Waals surface area (Å²) in [5.41, 5.74) is 0. The van der Waals surface area contributed by atoms with Crippen molar-refractivity contribution in [3.63, 3.8) is 0 Å². The molecule has 0 heterocycles. The maximum absolute atomic E-state index is 9.50. The highest BCUT2D eigenvalue weighted by Crippen LogP contribution is 1.68. The zero-order valence-corrected chi connectivity index (χ0v) is 5.09. The van der Waals surface area contributed by atoms with Gasteiger partial charge in [-0.25, -0.2) is 0 Å². The van der Waals surface area contributed by atoms with E-state index in [-0.39, 0.29) is 6.61 Å². The van der Waals surface area contributed by atoms with Gasteiger partial charge in [0, 0.05) is 6.54 Å². The molecule has 53 valence electrons. The average Bonchev–Trinajstić information content (AvgIpc) is 1.89. The highest BCUT2D eigenvalue weighted by atomic mass is 16.5. The Hall–Kier alpha value is -0.610. The molecule has 1 amide bonds. The lowest BCUT2D eigenvalue weighted by Crippen LogP contribution is -2.18. The third-order valence-corrected chi connectivity index (χ3v) is 0.679. The fourth-order valence-corrected chi connectivity index (χ4v) is 0.341. The van der Waals surface area contributed by atoms with Crippen LogP contribution in [0.1, 0.15) is 0 Å². The molecule has 0 aromatic carbocycles. The second-order valence-corrected chi connectivity index (χ2v) is 1.36. The predicted molar refractivity (Wildman–Crippen MR) is 31.6 cm³/mol. The van der Waals surface area contributed by atoms with Gasteiger partial charge < -0.3 is 15.2 Å². The minimum atomic E-state index is 0.0187. The fraction of sp³-hybridized carbons (Fsp3) is 0.800. The van der Waals surface area contributed by atoms with Crippen LogP contribution in [0, 0.1) is 0 Å². The first kappa shape index (κ1) is 8.39. The van der Waals surface area contributed by atoms with Gasteiger partial charge in [-0.05, 0) is 0 Å². The van der Waals surface area contributed by atoms with E-state index < -0.39 is 0 Å². The molecule has 0 aromatic heterocycles. The summed E-state index contributed by atoms with van der Waals surface area (Å²) in [6.07, 6.45) is 1.50. The number of carbonyl (C=O) groups excluding carboxylic acids is 1. The maximum Gasteiger partial charge on any atom is 0.309 e. The zero-order valence-electron chi connectivity index (χ0n) is 5.09. The third kappa shape index (κ3) is 7.39. The zero-order chi connectivity index (χ0) is 6.95. The second-order valence-electron chi connectivity index (χ2n) is 1.36. The quantitative estimate of drug-likeness (QED) is 0.347. The number of rotatable bonds is 6. The van der Waals surface area contributed by atoms with Crippen LogP contribution in [-0.2, 0) is 9.53 Å². The van der Waals surface area contributed by atoms with Gasteiger partial charge in [0.1, 0.15) is 0 Å². The van der Waals surface area contributed by atoms with Crippen LogP contribution in [0.3, 0.4) is 0 Å². The van der Waals surface area contributed by atoms with E-state index in [0.29, 0.717) is 19.8 Å². The van der Waals surface area contributed by atoms with E-state index in [4.69, 9.17) is 9.84 Å². The van der Waals surface area contributed by atoms with E-state index in [1.165, 1.54) is 6.41 Å². The Bertz CT molecular complexity index is 67.2. The van der Waals surface area contributed by atoms with Crippen LogP contribution in [0.5, 0.6) is 0 Å².